The standard InChI is InChI=1S/C26H45N3O5/c1-9-26(7,8)23(32)18(6)27-24(33)22(17(4)5)28-20(30)13-11-10-12-14-29-21(31)15-19(16(2)3)25(29)34/h16-19,22H,9-15H2,1-8H3,(H,27,33)(H,28,30)/t18-,19?,22-/m0/s1. The van der Waals surface area contributed by atoms with Crippen molar-refractivity contribution in [2.24, 2.45) is 23.2 Å². The SMILES string of the molecule is CCC(C)(C)C(=O)[C@H](C)NC(=O)[C@@H](NC(=O)CCCCCN1C(=O)CC(C(C)C)C1=O)C(C)C. The summed E-state index contributed by atoms with van der Waals surface area (Å²) in [5, 5.41) is 5.56. The molecule has 0 saturated carbocycles. The lowest BCUT2D eigenvalue weighted by atomic mass is 9.82. The molecule has 34 heavy (non-hydrogen) atoms. The molecule has 8 heteroatoms. The minimum absolute atomic E-state index is 0.0353. The summed E-state index contributed by atoms with van der Waals surface area (Å²) in [4.78, 5) is 63.6. The fourth-order valence-electron chi connectivity index (χ4n) is 4.11. The Hall–Kier alpha value is -2.25. The molecule has 2 N–H and O–H groups in total. The summed E-state index contributed by atoms with van der Waals surface area (Å²) in [6.45, 7) is 15.3. The quantitative estimate of drug-likeness (QED) is 0.293. The van der Waals surface area contributed by atoms with Crippen molar-refractivity contribution in [2.45, 2.75) is 106 Å². The maximum Gasteiger partial charge on any atom is 0.243 e. The van der Waals surface area contributed by atoms with Crippen molar-refractivity contribution < 1.29 is 24.0 Å². The van der Waals surface area contributed by atoms with Crippen molar-refractivity contribution in [1.82, 2.24) is 15.5 Å². The first kappa shape index (κ1) is 29.8. The van der Waals surface area contributed by atoms with Gasteiger partial charge in [-0.25, -0.2) is 0 Å². The van der Waals surface area contributed by atoms with Crippen LogP contribution >= 0.6 is 0 Å². The number of nitrogens with one attached hydrogen (secondary N) is 2. The predicted molar refractivity (Wildman–Crippen MR) is 132 cm³/mol. The first-order valence-electron chi connectivity index (χ1n) is 12.7. The third kappa shape index (κ3) is 8.20. The van der Waals surface area contributed by atoms with Crippen molar-refractivity contribution in [3.63, 3.8) is 0 Å². The molecule has 1 rings (SSSR count). The fraction of sp³-hybridized carbons (Fsp3) is 0.808. The van der Waals surface area contributed by atoms with E-state index in [9.17, 15) is 24.0 Å². The molecule has 1 aliphatic rings. The van der Waals surface area contributed by atoms with Crippen LogP contribution in [0, 0.1) is 23.2 Å². The van der Waals surface area contributed by atoms with Gasteiger partial charge in [-0.2, -0.15) is 0 Å². The molecule has 0 aromatic carbocycles. The minimum atomic E-state index is -0.722. The van der Waals surface area contributed by atoms with E-state index in [0.717, 1.165) is 0 Å². The Morgan fingerprint density at radius 2 is 1.62 bits per heavy atom. The number of nitrogens with zero attached hydrogens (tertiary/aromatic N) is 1. The molecule has 1 unspecified atom stereocenters. The lowest BCUT2D eigenvalue weighted by Gasteiger charge is -2.28. The summed E-state index contributed by atoms with van der Waals surface area (Å²) < 4.78 is 0. The molecule has 0 spiro atoms. The van der Waals surface area contributed by atoms with E-state index >= 15 is 0 Å². The molecule has 1 saturated heterocycles. The lowest BCUT2D eigenvalue weighted by molar-refractivity contribution is -0.140. The van der Waals surface area contributed by atoms with Gasteiger partial charge in [0.05, 0.1) is 6.04 Å². The monoisotopic (exact) mass is 479 g/mol. The highest BCUT2D eigenvalue weighted by atomic mass is 16.2. The molecule has 0 radical (unpaired) electrons. The van der Waals surface area contributed by atoms with E-state index in [1.807, 2.05) is 48.5 Å². The van der Waals surface area contributed by atoms with Crippen LogP contribution in [-0.4, -0.2) is 52.9 Å². The van der Waals surface area contributed by atoms with Gasteiger partial charge in [0.2, 0.25) is 23.6 Å². The molecule has 4 amide bonds. The third-order valence-electron chi connectivity index (χ3n) is 6.94. The van der Waals surface area contributed by atoms with E-state index in [2.05, 4.69) is 10.6 Å². The Morgan fingerprint density at radius 3 is 2.12 bits per heavy atom. The van der Waals surface area contributed by atoms with Crippen molar-refractivity contribution in [1.29, 1.82) is 0 Å². The highest BCUT2D eigenvalue weighted by molar-refractivity contribution is 6.03. The van der Waals surface area contributed by atoms with Gasteiger partial charge >= 0.3 is 0 Å². The van der Waals surface area contributed by atoms with Gasteiger partial charge in [-0.1, -0.05) is 54.9 Å². The average molecular weight is 480 g/mol. The van der Waals surface area contributed by atoms with Crippen molar-refractivity contribution in [3.05, 3.63) is 0 Å². The Balaban J connectivity index is 2.47. The zero-order valence-corrected chi connectivity index (χ0v) is 22.3. The maximum absolute atomic E-state index is 12.8. The van der Waals surface area contributed by atoms with E-state index in [1.54, 1.807) is 6.92 Å². The zero-order chi connectivity index (χ0) is 26.2. The molecule has 3 atom stereocenters. The van der Waals surface area contributed by atoms with Crippen molar-refractivity contribution >= 4 is 29.4 Å². The van der Waals surface area contributed by atoms with Crippen LogP contribution in [0.4, 0.5) is 0 Å². The molecule has 194 valence electrons. The number of carbonyl (C=O) groups is 5. The highest BCUT2D eigenvalue weighted by Gasteiger charge is 2.39. The smallest absolute Gasteiger partial charge is 0.243 e. The number of ketones is 1. The predicted octanol–water partition coefficient (Wildman–Crippen LogP) is 3.23. The molecular formula is C26H45N3O5. The number of amides is 4. The van der Waals surface area contributed by atoms with Gasteiger partial charge in [0.15, 0.2) is 5.78 Å². The molecule has 0 bridgehead atoms. The van der Waals surface area contributed by atoms with Gasteiger partial charge in [-0.05, 0) is 38.0 Å². The molecular weight excluding hydrogens is 434 g/mol. The van der Waals surface area contributed by atoms with Crippen LogP contribution in [0.2, 0.25) is 0 Å². The second-order valence-electron chi connectivity index (χ2n) is 10.9. The summed E-state index contributed by atoms with van der Waals surface area (Å²) in [5.41, 5.74) is -0.525. The Labute approximate surface area is 205 Å². The Morgan fingerprint density at radius 1 is 1.00 bits per heavy atom. The maximum atomic E-state index is 12.8. The lowest BCUT2D eigenvalue weighted by Crippen LogP contribution is -2.54. The van der Waals surface area contributed by atoms with Gasteiger partial charge in [-0.15, -0.1) is 0 Å². The van der Waals surface area contributed by atoms with Crippen LogP contribution in [0.1, 0.15) is 93.9 Å². The van der Waals surface area contributed by atoms with Crippen LogP contribution in [0.25, 0.3) is 0 Å². The number of hydrogen-bond acceptors (Lipinski definition) is 5. The first-order chi connectivity index (χ1) is 15.7. The van der Waals surface area contributed by atoms with Crippen LogP contribution in [0.3, 0.4) is 0 Å². The summed E-state index contributed by atoms with van der Waals surface area (Å²) >= 11 is 0. The minimum Gasteiger partial charge on any atom is -0.345 e. The normalized spacial score (nSPS) is 18.4. The fourth-order valence-corrected chi connectivity index (χ4v) is 4.11. The summed E-state index contributed by atoms with van der Waals surface area (Å²) in [6.07, 6.45) is 3.17. The van der Waals surface area contributed by atoms with E-state index in [4.69, 9.17) is 0 Å². The summed E-state index contributed by atoms with van der Waals surface area (Å²) in [6, 6.07) is -1.35. The van der Waals surface area contributed by atoms with E-state index in [1.165, 1.54) is 4.90 Å². The molecule has 0 aromatic heterocycles. The zero-order valence-electron chi connectivity index (χ0n) is 22.3. The molecule has 1 heterocycles. The second-order valence-corrected chi connectivity index (χ2v) is 10.9. The number of unbranched alkanes of at least 4 members (excludes halogenated alkanes) is 2. The topological polar surface area (TPSA) is 113 Å². The van der Waals surface area contributed by atoms with Gasteiger partial charge in [0.1, 0.15) is 6.04 Å². The van der Waals surface area contributed by atoms with Gasteiger partial charge in [-0.3, -0.25) is 28.9 Å². The number of carbonyl (C=O) groups excluding carboxylic acids is 5. The number of Topliss-reactive ketones (excluding diaryl/α,β-unsaturated/α-hetero) is 1. The molecule has 1 fully saturated rings. The number of hydrogen-bond donors (Lipinski definition) is 2. The molecule has 1 aliphatic heterocycles. The van der Waals surface area contributed by atoms with Crippen LogP contribution in [0.15, 0.2) is 0 Å². The number of imide groups is 1. The highest BCUT2D eigenvalue weighted by Crippen LogP contribution is 2.26. The average Bonchev–Trinajstić information content (AvgIpc) is 3.04. The Bertz CT molecular complexity index is 760. The molecule has 0 aromatic rings. The largest absolute Gasteiger partial charge is 0.345 e. The summed E-state index contributed by atoms with van der Waals surface area (Å²) in [5.74, 6) is -1.02. The molecule has 0 aliphatic carbocycles. The van der Waals surface area contributed by atoms with E-state index in [0.29, 0.717) is 32.2 Å². The van der Waals surface area contributed by atoms with E-state index < -0.39 is 17.5 Å². The third-order valence-corrected chi connectivity index (χ3v) is 6.94. The van der Waals surface area contributed by atoms with Crippen LogP contribution in [0.5, 0.6) is 0 Å². The second kappa shape index (κ2) is 13.0. The number of likely N-dealkylation sites (tertiary alicyclic amines) is 1. The van der Waals surface area contributed by atoms with E-state index in [-0.39, 0.29) is 60.0 Å². The van der Waals surface area contributed by atoms with Gasteiger partial charge in [0.25, 0.3) is 0 Å². The van der Waals surface area contributed by atoms with Crippen molar-refractivity contribution in [2.75, 3.05) is 6.54 Å². The van der Waals surface area contributed by atoms with Crippen molar-refractivity contribution in [3.8, 4) is 0 Å². The van der Waals surface area contributed by atoms with Gasteiger partial charge < -0.3 is 10.6 Å². The number of rotatable bonds is 14. The molecule has 8 nitrogen and oxygen atoms in total. The van der Waals surface area contributed by atoms with Crippen LogP contribution in [-0.2, 0) is 24.0 Å². The van der Waals surface area contributed by atoms with Gasteiger partial charge in [0, 0.05) is 30.7 Å². The summed E-state index contributed by atoms with van der Waals surface area (Å²) in [7, 11) is 0. The Kier molecular flexibility index (Phi) is 11.4. The van der Waals surface area contributed by atoms with Crippen LogP contribution < -0.4 is 10.6 Å². The first-order valence-corrected chi connectivity index (χ1v) is 12.7.